The number of hydrogen-bond donors (Lipinski definition) is 2. The van der Waals surface area contributed by atoms with Crippen molar-refractivity contribution in [3.05, 3.63) is 50.7 Å². The molecule has 0 atom stereocenters. The maximum atomic E-state index is 10.8. The Bertz CT molecular complexity index is 861. The second-order valence-corrected chi connectivity index (χ2v) is 7.23. The minimum atomic E-state index is -0.947. The maximum absolute atomic E-state index is 10.8. The van der Waals surface area contributed by atoms with Gasteiger partial charge < -0.3 is 5.11 Å². The first-order valence-corrected chi connectivity index (χ1v) is 8.05. The van der Waals surface area contributed by atoms with Crippen molar-refractivity contribution in [1.29, 1.82) is 0 Å². The number of fused-ring (bicyclic) bond motifs is 1. The number of hydrazone groups is 1. The average molecular weight is 424 g/mol. The predicted octanol–water partition coefficient (Wildman–Crippen LogP) is 3.44. The molecule has 3 aromatic rings. The van der Waals surface area contributed by atoms with E-state index in [0.717, 1.165) is 18.7 Å². The van der Waals surface area contributed by atoms with Gasteiger partial charge in [0.2, 0.25) is 0 Å². The van der Waals surface area contributed by atoms with E-state index in [-0.39, 0.29) is 5.56 Å². The SMILES string of the molecule is O=C(O)c1ccc(C=NNc2ncnc3cc(I)sc23)cc1. The Kier molecular flexibility index (Phi) is 4.29. The summed E-state index contributed by atoms with van der Waals surface area (Å²) in [6, 6.07) is 8.45. The quantitative estimate of drug-likeness (QED) is 0.381. The van der Waals surface area contributed by atoms with Gasteiger partial charge in [0.25, 0.3) is 0 Å². The molecule has 3 rings (SSSR count). The molecule has 0 saturated heterocycles. The second kappa shape index (κ2) is 6.36. The van der Waals surface area contributed by atoms with Crippen LogP contribution >= 0.6 is 33.9 Å². The summed E-state index contributed by atoms with van der Waals surface area (Å²) in [6.07, 6.45) is 3.10. The highest BCUT2D eigenvalue weighted by Crippen LogP contribution is 2.29. The monoisotopic (exact) mass is 424 g/mol. The molecular weight excluding hydrogens is 415 g/mol. The first kappa shape index (κ1) is 14.9. The summed E-state index contributed by atoms with van der Waals surface area (Å²) in [7, 11) is 0. The van der Waals surface area contributed by atoms with Gasteiger partial charge in [-0.15, -0.1) is 11.3 Å². The number of carboxylic acids is 1. The molecule has 0 aliphatic rings. The van der Waals surface area contributed by atoms with Gasteiger partial charge in [0.1, 0.15) is 6.33 Å². The largest absolute Gasteiger partial charge is 0.478 e. The number of anilines is 1. The number of nitrogens with one attached hydrogen (secondary N) is 1. The lowest BCUT2D eigenvalue weighted by Gasteiger charge is -2.00. The highest BCUT2D eigenvalue weighted by molar-refractivity contribution is 14.1. The molecule has 22 heavy (non-hydrogen) atoms. The summed E-state index contributed by atoms with van der Waals surface area (Å²) < 4.78 is 2.08. The van der Waals surface area contributed by atoms with Gasteiger partial charge >= 0.3 is 5.97 Å². The molecule has 6 nitrogen and oxygen atoms in total. The molecular formula is C14H9IN4O2S. The Morgan fingerprint density at radius 1 is 1.32 bits per heavy atom. The number of rotatable bonds is 4. The molecule has 0 radical (unpaired) electrons. The summed E-state index contributed by atoms with van der Waals surface area (Å²) in [5.41, 5.74) is 4.82. The molecule has 0 saturated carbocycles. The summed E-state index contributed by atoms with van der Waals surface area (Å²) in [4.78, 5) is 19.2. The second-order valence-electron chi connectivity index (χ2n) is 4.28. The van der Waals surface area contributed by atoms with Crippen molar-refractivity contribution >= 4 is 62.1 Å². The van der Waals surface area contributed by atoms with Crippen molar-refractivity contribution < 1.29 is 9.90 Å². The number of hydrogen-bond acceptors (Lipinski definition) is 6. The van der Waals surface area contributed by atoms with Gasteiger partial charge in [-0.1, -0.05) is 12.1 Å². The van der Waals surface area contributed by atoms with Crippen LogP contribution < -0.4 is 5.43 Å². The number of benzene rings is 1. The summed E-state index contributed by atoms with van der Waals surface area (Å²) >= 11 is 3.83. The molecule has 0 aliphatic heterocycles. The first-order chi connectivity index (χ1) is 10.6. The van der Waals surface area contributed by atoms with Crippen LogP contribution in [-0.2, 0) is 0 Å². The first-order valence-electron chi connectivity index (χ1n) is 6.16. The minimum Gasteiger partial charge on any atom is -0.478 e. The molecule has 0 unspecified atom stereocenters. The number of nitrogens with zero attached hydrogens (tertiary/aromatic N) is 3. The van der Waals surface area contributed by atoms with E-state index in [2.05, 4.69) is 43.1 Å². The van der Waals surface area contributed by atoms with Crippen LogP contribution in [0, 0.1) is 2.88 Å². The summed E-state index contributed by atoms with van der Waals surface area (Å²) in [6.45, 7) is 0. The van der Waals surface area contributed by atoms with E-state index in [1.165, 1.54) is 18.5 Å². The summed E-state index contributed by atoms with van der Waals surface area (Å²) in [5, 5.41) is 13.0. The highest BCUT2D eigenvalue weighted by Gasteiger charge is 2.06. The number of halogens is 1. The fourth-order valence-electron chi connectivity index (χ4n) is 1.78. The number of aromatic carboxylic acids is 1. The Labute approximate surface area is 143 Å². The van der Waals surface area contributed by atoms with E-state index in [4.69, 9.17) is 5.11 Å². The molecule has 8 heteroatoms. The lowest BCUT2D eigenvalue weighted by molar-refractivity contribution is 0.0697. The lowest BCUT2D eigenvalue weighted by Crippen LogP contribution is -1.97. The van der Waals surface area contributed by atoms with Crippen molar-refractivity contribution in [3.63, 3.8) is 0 Å². The molecule has 2 N–H and O–H groups in total. The smallest absolute Gasteiger partial charge is 0.335 e. The third-order valence-corrected chi connectivity index (χ3v) is 4.71. The molecule has 0 aliphatic carbocycles. The molecule has 0 fully saturated rings. The van der Waals surface area contributed by atoms with Crippen LogP contribution in [0.1, 0.15) is 15.9 Å². The summed E-state index contributed by atoms with van der Waals surface area (Å²) in [5.74, 6) is -0.298. The van der Waals surface area contributed by atoms with E-state index < -0.39 is 5.97 Å². The van der Waals surface area contributed by atoms with E-state index in [1.807, 2.05) is 6.07 Å². The zero-order valence-corrected chi connectivity index (χ0v) is 14.0. The van der Waals surface area contributed by atoms with E-state index in [9.17, 15) is 4.79 Å². The fourth-order valence-corrected chi connectivity index (χ4v) is 3.52. The van der Waals surface area contributed by atoms with Crippen LogP contribution in [0.15, 0.2) is 41.8 Å². The zero-order chi connectivity index (χ0) is 15.5. The van der Waals surface area contributed by atoms with Crippen LogP contribution in [-0.4, -0.2) is 27.3 Å². The molecule has 2 heterocycles. The average Bonchev–Trinajstić information content (AvgIpc) is 2.89. The number of thiophene rings is 1. The third kappa shape index (κ3) is 3.22. The molecule has 110 valence electrons. The van der Waals surface area contributed by atoms with Gasteiger partial charge in [-0.05, 0) is 46.4 Å². The van der Waals surface area contributed by atoms with Crippen LogP contribution in [0.2, 0.25) is 0 Å². The molecule has 0 spiro atoms. The molecule has 2 aromatic heterocycles. The van der Waals surface area contributed by atoms with Gasteiger partial charge in [-0.2, -0.15) is 5.10 Å². The van der Waals surface area contributed by atoms with Crippen LogP contribution in [0.4, 0.5) is 5.82 Å². The predicted molar refractivity (Wildman–Crippen MR) is 94.8 cm³/mol. The van der Waals surface area contributed by atoms with Gasteiger partial charge in [-0.3, -0.25) is 5.43 Å². The van der Waals surface area contributed by atoms with Crippen LogP contribution in [0.5, 0.6) is 0 Å². The topological polar surface area (TPSA) is 87.5 Å². The number of carbonyl (C=O) groups is 1. The van der Waals surface area contributed by atoms with Gasteiger partial charge in [-0.25, -0.2) is 14.8 Å². The van der Waals surface area contributed by atoms with E-state index >= 15 is 0 Å². The van der Waals surface area contributed by atoms with Crippen molar-refractivity contribution in [2.45, 2.75) is 0 Å². The van der Waals surface area contributed by atoms with Crippen molar-refractivity contribution in [2.24, 2.45) is 5.10 Å². The van der Waals surface area contributed by atoms with Crippen LogP contribution in [0.3, 0.4) is 0 Å². The Hall–Kier alpha value is -2.07. The van der Waals surface area contributed by atoms with Gasteiger partial charge in [0.05, 0.1) is 24.9 Å². The van der Waals surface area contributed by atoms with Crippen molar-refractivity contribution in [3.8, 4) is 0 Å². The Morgan fingerprint density at radius 3 is 2.82 bits per heavy atom. The molecule has 0 bridgehead atoms. The Morgan fingerprint density at radius 2 is 2.09 bits per heavy atom. The molecule has 1 aromatic carbocycles. The minimum absolute atomic E-state index is 0.246. The van der Waals surface area contributed by atoms with Crippen molar-refractivity contribution in [1.82, 2.24) is 9.97 Å². The standard InChI is InChI=1S/C14H9IN4O2S/c15-11-5-10-12(22-11)13(17-7-16-10)19-18-6-8-1-3-9(4-2-8)14(20)21/h1-7H,(H,20,21)(H,16,17,19). The number of aromatic nitrogens is 2. The zero-order valence-electron chi connectivity index (χ0n) is 11.0. The number of carboxylic acid groups (broad SMARTS) is 1. The van der Waals surface area contributed by atoms with E-state index in [1.54, 1.807) is 29.7 Å². The highest BCUT2D eigenvalue weighted by atomic mass is 127. The lowest BCUT2D eigenvalue weighted by atomic mass is 10.1. The van der Waals surface area contributed by atoms with Gasteiger partial charge in [0.15, 0.2) is 5.82 Å². The Balaban J connectivity index is 1.77. The van der Waals surface area contributed by atoms with E-state index in [0.29, 0.717) is 5.82 Å². The molecule has 0 amide bonds. The third-order valence-electron chi connectivity index (χ3n) is 2.82. The van der Waals surface area contributed by atoms with Crippen molar-refractivity contribution in [2.75, 3.05) is 5.43 Å². The fraction of sp³-hybridized carbons (Fsp3) is 0. The normalized spacial score (nSPS) is 11.1. The maximum Gasteiger partial charge on any atom is 0.335 e. The van der Waals surface area contributed by atoms with Gasteiger partial charge in [0, 0.05) is 0 Å². The van der Waals surface area contributed by atoms with Crippen LogP contribution in [0.25, 0.3) is 10.2 Å².